The summed E-state index contributed by atoms with van der Waals surface area (Å²) in [7, 11) is 0. The Labute approximate surface area is 141 Å². The first kappa shape index (κ1) is 25.9. The van der Waals surface area contributed by atoms with Crippen molar-refractivity contribution in [2.24, 2.45) is 11.3 Å². The molecule has 1 aliphatic carbocycles. The lowest BCUT2D eigenvalue weighted by Crippen LogP contribution is -2.25. The van der Waals surface area contributed by atoms with Crippen molar-refractivity contribution in [1.82, 2.24) is 0 Å². The highest BCUT2D eigenvalue weighted by Gasteiger charge is 2.31. The SMILES string of the molecule is C=COC(=C)C1CC(=C)CC(C)(C)C1.CC.CCC.CCC. The number of hydrogen-bond donors (Lipinski definition) is 0. The van der Waals surface area contributed by atoms with E-state index in [4.69, 9.17) is 4.74 Å². The molecule has 0 bridgehead atoms. The quantitative estimate of drug-likeness (QED) is 0.380. The van der Waals surface area contributed by atoms with Crippen LogP contribution in [0.5, 0.6) is 0 Å². The highest BCUT2D eigenvalue weighted by molar-refractivity contribution is 5.11. The van der Waals surface area contributed by atoms with Gasteiger partial charge in [0.25, 0.3) is 0 Å². The fourth-order valence-corrected chi connectivity index (χ4v) is 2.34. The number of hydrogen-bond acceptors (Lipinski definition) is 1. The molecule has 1 aliphatic rings. The number of rotatable bonds is 3. The lowest BCUT2D eigenvalue weighted by atomic mass is 9.70. The van der Waals surface area contributed by atoms with Gasteiger partial charge in [-0.15, -0.1) is 0 Å². The van der Waals surface area contributed by atoms with Crippen LogP contribution in [0.3, 0.4) is 0 Å². The van der Waals surface area contributed by atoms with Crippen molar-refractivity contribution in [3.8, 4) is 0 Å². The molecule has 0 aromatic rings. The van der Waals surface area contributed by atoms with Gasteiger partial charge < -0.3 is 4.74 Å². The van der Waals surface area contributed by atoms with E-state index in [-0.39, 0.29) is 0 Å². The second kappa shape index (κ2) is 16.4. The summed E-state index contributed by atoms with van der Waals surface area (Å²) < 4.78 is 5.25. The van der Waals surface area contributed by atoms with Crippen LogP contribution in [0.15, 0.2) is 37.3 Å². The minimum Gasteiger partial charge on any atom is -0.470 e. The summed E-state index contributed by atoms with van der Waals surface area (Å²) >= 11 is 0. The van der Waals surface area contributed by atoms with E-state index >= 15 is 0 Å². The molecule has 0 N–H and O–H groups in total. The molecule has 0 aromatic heterocycles. The van der Waals surface area contributed by atoms with Gasteiger partial charge in [0, 0.05) is 5.92 Å². The van der Waals surface area contributed by atoms with E-state index in [1.54, 1.807) is 0 Å². The molecule has 1 rings (SSSR count). The zero-order chi connectivity index (χ0) is 18.2. The zero-order valence-corrected chi connectivity index (χ0v) is 16.7. The van der Waals surface area contributed by atoms with Gasteiger partial charge in [-0.1, -0.05) is 93.5 Å². The van der Waals surface area contributed by atoms with Crippen LogP contribution < -0.4 is 0 Å². The highest BCUT2D eigenvalue weighted by atomic mass is 16.5. The lowest BCUT2D eigenvalue weighted by molar-refractivity contribution is 0.191. The fourth-order valence-electron chi connectivity index (χ4n) is 2.34. The number of ether oxygens (including phenoxy) is 1. The van der Waals surface area contributed by atoms with Crippen LogP contribution in [-0.4, -0.2) is 0 Å². The van der Waals surface area contributed by atoms with Crippen molar-refractivity contribution in [2.45, 2.75) is 87.5 Å². The van der Waals surface area contributed by atoms with Gasteiger partial charge in [0.05, 0.1) is 12.0 Å². The summed E-state index contributed by atoms with van der Waals surface area (Å²) in [6.07, 6.45) is 7.20. The molecule has 0 amide bonds. The smallest absolute Gasteiger partial charge is 0.0994 e. The van der Waals surface area contributed by atoms with Gasteiger partial charge in [-0.05, 0) is 24.7 Å². The second-order valence-electron chi connectivity index (χ2n) is 6.36. The molecule has 0 spiro atoms. The first-order valence-corrected chi connectivity index (χ1v) is 8.90. The molecule has 1 heteroatoms. The summed E-state index contributed by atoms with van der Waals surface area (Å²) in [6.45, 7) is 28.6. The molecular formula is C21H42O. The standard InChI is InChI=1S/C13H20O.2C3H8.C2H6/c1-6-14-11(3)12-7-10(2)8-13(4,5)9-12;2*1-3-2;1-2/h6,12H,1-3,7-9H2,4-5H3;2*3H2,1-2H3;1-2H3. The molecular weight excluding hydrogens is 268 g/mol. The van der Waals surface area contributed by atoms with E-state index in [1.165, 1.54) is 24.7 Å². The maximum atomic E-state index is 5.25. The van der Waals surface area contributed by atoms with Crippen LogP contribution in [0.25, 0.3) is 0 Å². The maximum Gasteiger partial charge on any atom is 0.0994 e. The Morgan fingerprint density at radius 1 is 1.18 bits per heavy atom. The van der Waals surface area contributed by atoms with Crippen LogP contribution in [0.4, 0.5) is 0 Å². The van der Waals surface area contributed by atoms with Gasteiger partial charge in [-0.3, -0.25) is 0 Å². The zero-order valence-electron chi connectivity index (χ0n) is 16.7. The topological polar surface area (TPSA) is 9.23 Å². The fraction of sp³-hybridized carbons (Fsp3) is 0.714. The number of allylic oxidation sites excluding steroid dienone is 2. The van der Waals surface area contributed by atoms with Crippen molar-refractivity contribution >= 4 is 0 Å². The minimum atomic E-state index is 0.327. The predicted octanol–water partition coefficient (Wildman–Crippen LogP) is 7.90. The van der Waals surface area contributed by atoms with Crippen molar-refractivity contribution in [3.05, 3.63) is 37.3 Å². The Kier molecular flexibility index (Phi) is 19.3. The molecule has 0 aliphatic heterocycles. The van der Waals surface area contributed by atoms with E-state index in [0.717, 1.165) is 25.0 Å². The van der Waals surface area contributed by atoms with E-state index in [1.807, 2.05) is 13.8 Å². The molecule has 1 fully saturated rings. The Bertz CT molecular complexity index is 284. The molecule has 1 saturated carbocycles. The molecule has 0 radical (unpaired) electrons. The minimum absolute atomic E-state index is 0.327. The first-order valence-electron chi connectivity index (χ1n) is 8.90. The highest BCUT2D eigenvalue weighted by Crippen LogP contribution is 2.43. The van der Waals surface area contributed by atoms with Crippen LogP contribution >= 0.6 is 0 Å². The lowest BCUT2D eigenvalue weighted by Gasteiger charge is -2.36. The van der Waals surface area contributed by atoms with Gasteiger partial charge in [0.15, 0.2) is 0 Å². The Hall–Kier alpha value is -0.980. The average molecular weight is 311 g/mol. The third kappa shape index (κ3) is 15.4. The monoisotopic (exact) mass is 310 g/mol. The molecule has 0 saturated heterocycles. The molecule has 1 atom stereocenters. The third-order valence-corrected chi connectivity index (χ3v) is 2.75. The van der Waals surface area contributed by atoms with Gasteiger partial charge >= 0.3 is 0 Å². The van der Waals surface area contributed by atoms with Crippen LogP contribution in [-0.2, 0) is 4.74 Å². The van der Waals surface area contributed by atoms with Crippen molar-refractivity contribution in [3.63, 3.8) is 0 Å². The van der Waals surface area contributed by atoms with Gasteiger partial charge in [-0.25, -0.2) is 0 Å². The molecule has 22 heavy (non-hydrogen) atoms. The average Bonchev–Trinajstić information content (AvgIpc) is 2.41. The van der Waals surface area contributed by atoms with Crippen LogP contribution in [0, 0.1) is 11.3 Å². The maximum absolute atomic E-state index is 5.25. The normalized spacial score (nSPS) is 18.2. The first-order chi connectivity index (χ1) is 10.3. The molecule has 1 nitrogen and oxygen atoms in total. The second-order valence-corrected chi connectivity index (χ2v) is 6.36. The van der Waals surface area contributed by atoms with Gasteiger partial charge in [-0.2, -0.15) is 0 Å². The summed E-state index contributed by atoms with van der Waals surface area (Å²) in [5, 5.41) is 0. The van der Waals surface area contributed by atoms with E-state index in [0.29, 0.717) is 11.3 Å². The Balaban J connectivity index is -0.000000382. The molecule has 0 heterocycles. The van der Waals surface area contributed by atoms with E-state index < -0.39 is 0 Å². The summed E-state index contributed by atoms with van der Waals surface area (Å²) in [6, 6.07) is 0. The van der Waals surface area contributed by atoms with Gasteiger partial charge in [0.1, 0.15) is 0 Å². The molecule has 0 aromatic carbocycles. The summed E-state index contributed by atoms with van der Waals surface area (Å²) in [4.78, 5) is 0. The van der Waals surface area contributed by atoms with Crippen LogP contribution in [0.2, 0.25) is 0 Å². The Morgan fingerprint density at radius 2 is 1.59 bits per heavy atom. The van der Waals surface area contributed by atoms with Gasteiger partial charge in [0.2, 0.25) is 0 Å². The third-order valence-electron chi connectivity index (χ3n) is 2.75. The largest absolute Gasteiger partial charge is 0.470 e. The van der Waals surface area contributed by atoms with E-state index in [2.05, 4.69) is 61.3 Å². The molecule has 132 valence electrons. The summed E-state index contributed by atoms with van der Waals surface area (Å²) in [5.74, 6) is 1.23. The predicted molar refractivity (Wildman–Crippen MR) is 104 cm³/mol. The Morgan fingerprint density at radius 3 is 1.91 bits per heavy atom. The van der Waals surface area contributed by atoms with Crippen molar-refractivity contribution < 1.29 is 4.74 Å². The van der Waals surface area contributed by atoms with Crippen LogP contribution in [0.1, 0.15) is 87.5 Å². The van der Waals surface area contributed by atoms with Crippen molar-refractivity contribution in [2.75, 3.05) is 0 Å². The van der Waals surface area contributed by atoms with Crippen molar-refractivity contribution in [1.29, 1.82) is 0 Å². The van der Waals surface area contributed by atoms with E-state index in [9.17, 15) is 0 Å². The summed E-state index contributed by atoms with van der Waals surface area (Å²) in [5.41, 5.74) is 1.63. The molecule has 1 unspecified atom stereocenters.